The van der Waals surface area contributed by atoms with E-state index >= 15 is 0 Å². The molecule has 1 rings (SSSR count). The minimum Gasteiger partial charge on any atom is -0.507 e. The zero-order valence-corrected chi connectivity index (χ0v) is 19.4. The lowest BCUT2D eigenvalue weighted by Crippen LogP contribution is -2.23. The van der Waals surface area contributed by atoms with Crippen LogP contribution in [0.25, 0.3) is 0 Å². The summed E-state index contributed by atoms with van der Waals surface area (Å²) in [7, 11) is 0. The van der Waals surface area contributed by atoms with Crippen molar-refractivity contribution in [2.45, 2.75) is 111 Å². The van der Waals surface area contributed by atoms with Crippen molar-refractivity contribution < 1.29 is 14.6 Å². The van der Waals surface area contributed by atoms with Gasteiger partial charge in [-0.25, -0.2) is 0 Å². The van der Waals surface area contributed by atoms with Crippen molar-refractivity contribution in [2.24, 2.45) is 0 Å². The maximum atomic E-state index is 12.5. The quantitative estimate of drug-likeness (QED) is 0.365. The number of unbranched alkanes of at least 4 members (excludes halogenated alkanes) is 5. The number of phenols is 1. The first-order valence-corrected chi connectivity index (χ1v) is 10.9. The Kier molecular flexibility index (Phi) is 9.04. The van der Waals surface area contributed by atoms with E-state index < -0.39 is 5.92 Å². The van der Waals surface area contributed by atoms with E-state index in [1.807, 2.05) is 13.0 Å². The Labute approximate surface area is 172 Å². The third-order valence-corrected chi connectivity index (χ3v) is 5.33. The smallest absolute Gasteiger partial charge is 0.313 e. The van der Waals surface area contributed by atoms with Crippen molar-refractivity contribution in [3.8, 4) is 5.75 Å². The summed E-state index contributed by atoms with van der Waals surface area (Å²) in [5.41, 5.74) is 2.40. The molecule has 0 heterocycles. The molecule has 0 saturated heterocycles. The van der Waals surface area contributed by atoms with E-state index in [2.05, 4.69) is 54.5 Å². The number of hydrogen-bond donors (Lipinski definition) is 1. The minimum atomic E-state index is -0.477. The molecule has 0 radical (unpaired) electrons. The van der Waals surface area contributed by atoms with Crippen LogP contribution in [0.5, 0.6) is 5.75 Å². The molecule has 0 bridgehead atoms. The number of esters is 1. The zero-order chi connectivity index (χ0) is 21.5. The van der Waals surface area contributed by atoms with E-state index in [9.17, 15) is 9.90 Å². The lowest BCUT2D eigenvalue weighted by atomic mass is 9.73. The van der Waals surface area contributed by atoms with Gasteiger partial charge in [0.2, 0.25) is 0 Å². The van der Waals surface area contributed by atoms with E-state index in [4.69, 9.17) is 4.74 Å². The summed E-state index contributed by atoms with van der Waals surface area (Å²) in [6, 6.07) is 3.95. The highest BCUT2D eigenvalue weighted by atomic mass is 16.5. The topological polar surface area (TPSA) is 46.5 Å². The van der Waals surface area contributed by atoms with Gasteiger partial charge in [-0.05, 0) is 29.7 Å². The van der Waals surface area contributed by atoms with Gasteiger partial charge in [-0.15, -0.1) is 0 Å². The fourth-order valence-electron chi connectivity index (χ4n) is 3.65. The van der Waals surface area contributed by atoms with Gasteiger partial charge in [-0.1, -0.05) is 92.7 Å². The molecule has 1 atom stereocenters. The lowest BCUT2D eigenvalue weighted by molar-refractivity contribution is -0.145. The highest BCUT2D eigenvalue weighted by Crippen LogP contribution is 2.43. The number of rotatable bonds is 9. The van der Waals surface area contributed by atoms with Gasteiger partial charge in [-0.2, -0.15) is 0 Å². The number of aromatic hydroxyl groups is 1. The molecule has 0 aliphatic heterocycles. The number of hydrogen-bond acceptors (Lipinski definition) is 3. The molecule has 0 aliphatic carbocycles. The molecule has 0 fully saturated rings. The third-order valence-electron chi connectivity index (χ3n) is 5.33. The minimum absolute atomic E-state index is 0.0832. The Bertz CT molecular complexity index is 632. The molecule has 0 spiro atoms. The molecule has 0 aromatic heterocycles. The fourth-order valence-corrected chi connectivity index (χ4v) is 3.65. The summed E-state index contributed by atoms with van der Waals surface area (Å²) in [6.45, 7) is 17.2. The number of carbonyl (C=O) groups is 1. The van der Waals surface area contributed by atoms with E-state index in [1.165, 1.54) is 25.7 Å². The van der Waals surface area contributed by atoms with E-state index in [0.717, 1.165) is 24.0 Å². The van der Waals surface area contributed by atoms with Crippen LogP contribution in [0.3, 0.4) is 0 Å². The van der Waals surface area contributed by atoms with Crippen LogP contribution < -0.4 is 0 Å². The number of phenolic OH excluding ortho intramolecular Hbond substituents is 1. The second-order valence-corrected chi connectivity index (χ2v) is 10.1. The van der Waals surface area contributed by atoms with Crippen LogP contribution in [0.15, 0.2) is 12.1 Å². The molecule has 0 amide bonds. The molecule has 1 aromatic rings. The lowest BCUT2D eigenvalue weighted by Gasteiger charge is -2.32. The van der Waals surface area contributed by atoms with Crippen molar-refractivity contribution in [1.29, 1.82) is 0 Å². The summed E-state index contributed by atoms with van der Waals surface area (Å²) >= 11 is 0. The van der Waals surface area contributed by atoms with Gasteiger partial charge in [0.05, 0.1) is 12.5 Å². The maximum absolute atomic E-state index is 12.5. The molecular formula is C25H42O3. The Balaban J connectivity index is 2.88. The molecule has 160 valence electrons. The van der Waals surface area contributed by atoms with Crippen molar-refractivity contribution >= 4 is 5.97 Å². The largest absolute Gasteiger partial charge is 0.507 e. The average molecular weight is 391 g/mol. The van der Waals surface area contributed by atoms with Gasteiger partial charge in [0.1, 0.15) is 5.75 Å². The van der Waals surface area contributed by atoms with Crippen LogP contribution in [0.4, 0.5) is 0 Å². The standard InChI is InChI=1S/C25H42O3/c1-9-10-11-12-13-14-17-28-23(27)18(2)19-15-16-20(24(3,4)5)21(22(19)26)25(6,7)8/h15-16,18,26H,9-14,17H2,1-8H3. The highest BCUT2D eigenvalue weighted by Gasteiger charge is 2.31. The van der Waals surface area contributed by atoms with Crippen LogP contribution in [-0.2, 0) is 20.4 Å². The van der Waals surface area contributed by atoms with Gasteiger partial charge in [0.15, 0.2) is 0 Å². The first kappa shape index (κ1) is 24.5. The predicted molar refractivity (Wildman–Crippen MR) is 118 cm³/mol. The molecule has 0 saturated carbocycles. The van der Waals surface area contributed by atoms with E-state index in [1.54, 1.807) is 0 Å². The Morgan fingerprint density at radius 2 is 1.54 bits per heavy atom. The van der Waals surface area contributed by atoms with E-state index in [-0.39, 0.29) is 22.5 Å². The Hall–Kier alpha value is -1.51. The molecule has 28 heavy (non-hydrogen) atoms. The van der Waals surface area contributed by atoms with Gasteiger partial charge in [0, 0.05) is 11.1 Å². The molecule has 0 aliphatic rings. The summed E-state index contributed by atoms with van der Waals surface area (Å²) in [5.74, 6) is -0.494. The molecule has 1 unspecified atom stereocenters. The van der Waals surface area contributed by atoms with Crippen molar-refractivity contribution in [3.05, 3.63) is 28.8 Å². The van der Waals surface area contributed by atoms with Crippen molar-refractivity contribution in [2.75, 3.05) is 6.61 Å². The van der Waals surface area contributed by atoms with Crippen molar-refractivity contribution in [3.63, 3.8) is 0 Å². The van der Waals surface area contributed by atoms with Crippen LogP contribution in [0.1, 0.15) is 117 Å². The summed E-state index contributed by atoms with van der Waals surface area (Å²) in [6.07, 6.45) is 6.97. The van der Waals surface area contributed by atoms with Crippen LogP contribution in [-0.4, -0.2) is 17.7 Å². The summed E-state index contributed by atoms with van der Waals surface area (Å²) in [4.78, 5) is 12.5. The van der Waals surface area contributed by atoms with Crippen LogP contribution in [0.2, 0.25) is 0 Å². The first-order valence-electron chi connectivity index (χ1n) is 10.9. The second-order valence-electron chi connectivity index (χ2n) is 10.1. The van der Waals surface area contributed by atoms with E-state index in [0.29, 0.717) is 12.2 Å². The number of benzene rings is 1. The molecule has 3 heteroatoms. The Morgan fingerprint density at radius 1 is 0.964 bits per heavy atom. The van der Waals surface area contributed by atoms with Crippen LogP contribution in [0, 0.1) is 0 Å². The Morgan fingerprint density at radius 3 is 2.07 bits per heavy atom. The fraction of sp³-hybridized carbons (Fsp3) is 0.720. The van der Waals surface area contributed by atoms with Gasteiger partial charge < -0.3 is 9.84 Å². The van der Waals surface area contributed by atoms with Crippen molar-refractivity contribution in [1.82, 2.24) is 0 Å². The first-order chi connectivity index (χ1) is 12.9. The SMILES string of the molecule is CCCCCCCCOC(=O)C(C)c1ccc(C(C)(C)C)c(C(C)(C)C)c1O. The predicted octanol–water partition coefficient (Wildman–Crippen LogP) is 6.99. The monoisotopic (exact) mass is 390 g/mol. The molecular weight excluding hydrogens is 348 g/mol. The summed E-state index contributed by atoms with van der Waals surface area (Å²) < 4.78 is 5.49. The maximum Gasteiger partial charge on any atom is 0.313 e. The summed E-state index contributed by atoms with van der Waals surface area (Å²) in [5, 5.41) is 11.1. The van der Waals surface area contributed by atoms with Gasteiger partial charge >= 0.3 is 5.97 Å². The molecule has 1 N–H and O–H groups in total. The average Bonchev–Trinajstić information content (AvgIpc) is 2.58. The molecule has 3 nitrogen and oxygen atoms in total. The second kappa shape index (κ2) is 10.3. The molecule has 1 aromatic carbocycles. The zero-order valence-electron chi connectivity index (χ0n) is 19.4. The highest BCUT2D eigenvalue weighted by molar-refractivity contribution is 5.79. The normalized spacial score (nSPS) is 13.4. The number of ether oxygens (including phenoxy) is 1. The van der Waals surface area contributed by atoms with Gasteiger partial charge in [-0.3, -0.25) is 4.79 Å². The third kappa shape index (κ3) is 6.83. The van der Waals surface area contributed by atoms with Gasteiger partial charge in [0.25, 0.3) is 0 Å². The number of carbonyl (C=O) groups excluding carboxylic acids is 1. The van der Waals surface area contributed by atoms with Crippen LogP contribution >= 0.6 is 0 Å².